The summed E-state index contributed by atoms with van der Waals surface area (Å²) in [6.45, 7) is 8.37. The lowest BCUT2D eigenvalue weighted by Crippen LogP contribution is -2.67. The monoisotopic (exact) mass is 298 g/mol. The molecular formula is C16H30N2O3. The average Bonchev–Trinajstić information content (AvgIpc) is 2.85. The standard InChI is InChI=1S/C16H30N2O3/c1-5-20-13-10-12(18-15(19)21-16(2,3)4)14(13)17-11-8-6-7-9-11/h11-14,17H,5-10H2,1-4H3,(H,18,19). The summed E-state index contributed by atoms with van der Waals surface area (Å²) >= 11 is 0. The van der Waals surface area contributed by atoms with Crippen molar-refractivity contribution in [3.8, 4) is 0 Å². The molecule has 0 heterocycles. The van der Waals surface area contributed by atoms with E-state index in [1.807, 2.05) is 27.7 Å². The number of carbonyl (C=O) groups excluding carboxylic acids is 1. The molecule has 0 aromatic rings. The van der Waals surface area contributed by atoms with Gasteiger partial charge >= 0.3 is 6.09 Å². The number of amides is 1. The number of carbonyl (C=O) groups is 1. The predicted molar refractivity (Wildman–Crippen MR) is 82.4 cm³/mol. The number of ether oxygens (including phenoxy) is 2. The van der Waals surface area contributed by atoms with Gasteiger partial charge in [-0.2, -0.15) is 0 Å². The molecule has 2 aliphatic carbocycles. The highest BCUT2D eigenvalue weighted by Crippen LogP contribution is 2.28. The molecule has 0 bridgehead atoms. The normalized spacial score (nSPS) is 30.0. The quantitative estimate of drug-likeness (QED) is 0.819. The average molecular weight is 298 g/mol. The van der Waals surface area contributed by atoms with Crippen molar-refractivity contribution in [3.05, 3.63) is 0 Å². The second-order valence-electron chi connectivity index (χ2n) is 7.16. The van der Waals surface area contributed by atoms with Crippen molar-refractivity contribution in [1.29, 1.82) is 0 Å². The van der Waals surface area contributed by atoms with E-state index in [0.717, 1.165) is 6.42 Å². The molecule has 2 aliphatic rings. The number of hydrogen-bond donors (Lipinski definition) is 2. The zero-order valence-corrected chi connectivity index (χ0v) is 13.8. The van der Waals surface area contributed by atoms with Crippen LogP contribution in [0.3, 0.4) is 0 Å². The first-order valence-corrected chi connectivity index (χ1v) is 8.26. The van der Waals surface area contributed by atoms with Crippen LogP contribution < -0.4 is 10.6 Å². The van der Waals surface area contributed by atoms with Crippen LogP contribution in [0.15, 0.2) is 0 Å². The van der Waals surface area contributed by atoms with Crippen LogP contribution in [0.2, 0.25) is 0 Å². The number of nitrogens with one attached hydrogen (secondary N) is 2. The van der Waals surface area contributed by atoms with E-state index >= 15 is 0 Å². The molecule has 5 heteroatoms. The molecule has 0 aromatic carbocycles. The summed E-state index contributed by atoms with van der Waals surface area (Å²) in [6.07, 6.45) is 5.79. The van der Waals surface area contributed by atoms with Gasteiger partial charge in [-0.15, -0.1) is 0 Å². The Labute approximate surface area is 128 Å². The lowest BCUT2D eigenvalue weighted by atomic mass is 9.82. The van der Waals surface area contributed by atoms with Crippen LogP contribution in [0.1, 0.15) is 59.8 Å². The van der Waals surface area contributed by atoms with Crippen molar-refractivity contribution in [2.75, 3.05) is 6.61 Å². The fourth-order valence-electron chi connectivity index (χ4n) is 3.19. The Balaban J connectivity index is 1.84. The van der Waals surface area contributed by atoms with E-state index in [9.17, 15) is 4.79 Å². The van der Waals surface area contributed by atoms with Gasteiger partial charge in [0.2, 0.25) is 0 Å². The topological polar surface area (TPSA) is 59.6 Å². The van der Waals surface area contributed by atoms with Gasteiger partial charge in [-0.1, -0.05) is 12.8 Å². The van der Waals surface area contributed by atoms with Crippen LogP contribution >= 0.6 is 0 Å². The fraction of sp³-hybridized carbons (Fsp3) is 0.938. The van der Waals surface area contributed by atoms with Crippen LogP contribution in [0.4, 0.5) is 4.79 Å². The Morgan fingerprint density at radius 3 is 2.48 bits per heavy atom. The van der Waals surface area contributed by atoms with Crippen LogP contribution in [0.25, 0.3) is 0 Å². The Morgan fingerprint density at radius 1 is 1.24 bits per heavy atom. The summed E-state index contributed by atoms with van der Waals surface area (Å²) in [6, 6.07) is 0.888. The maximum Gasteiger partial charge on any atom is 0.407 e. The second kappa shape index (κ2) is 6.97. The molecule has 3 atom stereocenters. The molecule has 2 rings (SSSR count). The first-order chi connectivity index (χ1) is 9.89. The largest absolute Gasteiger partial charge is 0.444 e. The van der Waals surface area contributed by atoms with E-state index in [4.69, 9.17) is 9.47 Å². The molecule has 122 valence electrons. The molecule has 2 saturated carbocycles. The molecule has 0 aromatic heterocycles. The molecule has 21 heavy (non-hydrogen) atoms. The van der Waals surface area contributed by atoms with Crippen molar-refractivity contribution in [3.63, 3.8) is 0 Å². The van der Waals surface area contributed by atoms with E-state index in [0.29, 0.717) is 12.6 Å². The molecule has 2 N–H and O–H groups in total. The fourth-order valence-corrected chi connectivity index (χ4v) is 3.19. The molecule has 5 nitrogen and oxygen atoms in total. The molecule has 3 unspecified atom stereocenters. The van der Waals surface area contributed by atoms with Gasteiger partial charge in [0.1, 0.15) is 5.60 Å². The third kappa shape index (κ3) is 4.85. The van der Waals surface area contributed by atoms with Gasteiger partial charge < -0.3 is 20.1 Å². The van der Waals surface area contributed by atoms with Crippen molar-refractivity contribution < 1.29 is 14.3 Å². The molecular weight excluding hydrogens is 268 g/mol. The highest BCUT2D eigenvalue weighted by atomic mass is 16.6. The van der Waals surface area contributed by atoms with Crippen LogP contribution in [-0.2, 0) is 9.47 Å². The van der Waals surface area contributed by atoms with Gasteiger partial charge in [-0.25, -0.2) is 4.79 Å². The Kier molecular flexibility index (Phi) is 5.49. The number of hydrogen-bond acceptors (Lipinski definition) is 4. The Hall–Kier alpha value is -0.810. The summed E-state index contributed by atoms with van der Waals surface area (Å²) in [5.41, 5.74) is -0.457. The van der Waals surface area contributed by atoms with Crippen molar-refractivity contribution >= 4 is 6.09 Å². The maximum absolute atomic E-state index is 11.9. The lowest BCUT2D eigenvalue weighted by molar-refractivity contribution is -0.0464. The van der Waals surface area contributed by atoms with Crippen LogP contribution in [0.5, 0.6) is 0 Å². The van der Waals surface area contributed by atoms with Gasteiger partial charge in [-0.3, -0.25) is 0 Å². The minimum Gasteiger partial charge on any atom is -0.444 e. The zero-order chi connectivity index (χ0) is 15.5. The maximum atomic E-state index is 11.9. The minimum absolute atomic E-state index is 0.108. The van der Waals surface area contributed by atoms with Crippen molar-refractivity contribution in [2.45, 2.75) is 89.6 Å². The first-order valence-electron chi connectivity index (χ1n) is 8.26. The summed E-state index contributed by atoms with van der Waals surface area (Å²) in [5.74, 6) is 0. The van der Waals surface area contributed by atoms with E-state index in [1.165, 1.54) is 25.7 Å². The molecule has 0 spiro atoms. The predicted octanol–water partition coefficient (Wildman–Crippen LogP) is 2.59. The van der Waals surface area contributed by atoms with Gasteiger partial charge in [0.25, 0.3) is 0 Å². The van der Waals surface area contributed by atoms with Gasteiger partial charge in [0.05, 0.1) is 18.2 Å². The van der Waals surface area contributed by atoms with Crippen molar-refractivity contribution in [1.82, 2.24) is 10.6 Å². The second-order valence-corrected chi connectivity index (χ2v) is 7.16. The van der Waals surface area contributed by atoms with Crippen LogP contribution in [0, 0.1) is 0 Å². The minimum atomic E-state index is -0.457. The van der Waals surface area contributed by atoms with E-state index in [2.05, 4.69) is 10.6 Å². The van der Waals surface area contributed by atoms with E-state index < -0.39 is 5.60 Å². The Bertz CT molecular complexity index is 348. The molecule has 0 aliphatic heterocycles. The number of rotatable bonds is 5. The highest BCUT2D eigenvalue weighted by molar-refractivity contribution is 5.68. The summed E-state index contributed by atoms with van der Waals surface area (Å²) in [7, 11) is 0. The molecule has 1 amide bonds. The molecule has 0 saturated heterocycles. The summed E-state index contributed by atoms with van der Waals surface area (Å²) in [5, 5.41) is 6.65. The molecule has 2 fully saturated rings. The van der Waals surface area contributed by atoms with Gasteiger partial charge in [0.15, 0.2) is 0 Å². The molecule has 0 radical (unpaired) electrons. The number of alkyl carbamates (subject to hydrolysis) is 1. The van der Waals surface area contributed by atoms with Crippen LogP contribution in [-0.4, -0.2) is 42.5 Å². The van der Waals surface area contributed by atoms with E-state index in [1.54, 1.807) is 0 Å². The summed E-state index contributed by atoms with van der Waals surface area (Å²) < 4.78 is 11.1. The van der Waals surface area contributed by atoms with Gasteiger partial charge in [0, 0.05) is 12.6 Å². The smallest absolute Gasteiger partial charge is 0.407 e. The van der Waals surface area contributed by atoms with Gasteiger partial charge in [-0.05, 0) is 47.0 Å². The summed E-state index contributed by atoms with van der Waals surface area (Å²) in [4.78, 5) is 11.9. The van der Waals surface area contributed by atoms with E-state index in [-0.39, 0.29) is 24.3 Å². The third-order valence-corrected chi connectivity index (χ3v) is 4.19. The third-order valence-electron chi connectivity index (χ3n) is 4.19. The lowest BCUT2D eigenvalue weighted by Gasteiger charge is -2.46. The Morgan fingerprint density at radius 2 is 1.90 bits per heavy atom. The zero-order valence-electron chi connectivity index (χ0n) is 13.8. The highest BCUT2D eigenvalue weighted by Gasteiger charge is 2.44. The first kappa shape index (κ1) is 16.6. The SMILES string of the molecule is CCOC1CC(NC(=O)OC(C)(C)C)C1NC1CCCC1. The van der Waals surface area contributed by atoms with Crippen molar-refractivity contribution in [2.24, 2.45) is 0 Å².